The lowest BCUT2D eigenvalue weighted by molar-refractivity contribution is 0.269. The minimum atomic E-state index is -4.57. The number of rotatable bonds is 4. The molecule has 0 amide bonds. The van der Waals surface area contributed by atoms with E-state index in [4.69, 9.17) is 14.5 Å². The van der Waals surface area contributed by atoms with Crippen LogP contribution >= 0.6 is 7.82 Å². The normalized spacial score (nSPS) is 10.9. The Balaban J connectivity index is 2.96. The molecule has 2 N–H and O–H groups in total. The quantitative estimate of drug-likeness (QED) is 0.609. The van der Waals surface area contributed by atoms with Gasteiger partial charge in [-0.25, -0.2) is 4.57 Å². The second-order valence-corrected chi connectivity index (χ2v) is 3.87. The zero-order valence-corrected chi connectivity index (χ0v) is 8.98. The number of hydrogen-bond acceptors (Lipinski definition) is 3. The molecule has 0 saturated heterocycles. The van der Waals surface area contributed by atoms with Gasteiger partial charge in [-0.2, -0.15) is 0 Å². The summed E-state index contributed by atoms with van der Waals surface area (Å²) in [5, 5.41) is 0. The molecule has 1 aromatic carbocycles. The summed E-state index contributed by atoms with van der Waals surface area (Å²) in [6.07, 6.45) is 0. The summed E-state index contributed by atoms with van der Waals surface area (Å²) in [7, 11) is -3.12. The summed E-state index contributed by atoms with van der Waals surface area (Å²) in [5.74, 6) is 0.316. The Hall–Kier alpha value is -1.29. The van der Waals surface area contributed by atoms with Crippen molar-refractivity contribution in [3.63, 3.8) is 0 Å². The highest BCUT2D eigenvalue weighted by molar-refractivity contribution is 7.46. The number of methoxy groups -OCH3 is 1. The monoisotopic (exact) mass is 230 g/mol. The van der Waals surface area contributed by atoms with Crippen molar-refractivity contribution in [3.05, 3.63) is 36.4 Å². The van der Waals surface area contributed by atoms with E-state index in [1.807, 2.05) is 0 Å². The lowest BCUT2D eigenvalue weighted by Gasteiger charge is -2.12. The summed E-state index contributed by atoms with van der Waals surface area (Å²) in [5.41, 5.74) is 0.406. The van der Waals surface area contributed by atoms with Gasteiger partial charge in [-0.15, -0.1) is 0 Å². The van der Waals surface area contributed by atoms with Crippen LogP contribution in [0, 0.1) is 0 Å². The standard InChI is InChI=1S/C9H11O5P/c1-7(14-15(10,11)12)8-5-3-4-6-9(8)13-2/h3-6H,1H2,2H3,(H2,10,11,12). The fraction of sp³-hybridized carbons (Fsp3) is 0.111. The van der Waals surface area contributed by atoms with Gasteiger partial charge in [0.15, 0.2) is 0 Å². The van der Waals surface area contributed by atoms with E-state index in [2.05, 4.69) is 11.1 Å². The lowest BCUT2D eigenvalue weighted by atomic mass is 10.2. The molecular formula is C9H11O5P. The van der Waals surface area contributed by atoms with E-state index >= 15 is 0 Å². The molecule has 0 aliphatic carbocycles. The highest BCUT2D eigenvalue weighted by atomic mass is 31.2. The van der Waals surface area contributed by atoms with Crippen LogP contribution in [0.1, 0.15) is 5.56 Å². The maximum Gasteiger partial charge on any atom is 0.524 e. The topological polar surface area (TPSA) is 76.0 Å². The van der Waals surface area contributed by atoms with Crippen LogP contribution < -0.4 is 4.74 Å². The van der Waals surface area contributed by atoms with Gasteiger partial charge in [0.05, 0.1) is 12.7 Å². The first-order valence-corrected chi connectivity index (χ1v) is 5.54. The third-order valence-electron chi connectivity index (χ3n) is 1.64. The zero-order valence-electron chi connectivity index (χ0n) is 8.08. The number of hydrogen-bond donors (Lipinski definition) is 2. The molecule has 0 aliphatic rings. The van der Waals surface area contributed by atoms with Crippen molar-refractivity contribution in [2.45, 2.75) is 0 Å². The largest absolute Gasteiger partial charge is 0.524 e. The first kappa shape index (κ1) is 11.8. The molecule has 1 aromatic rings. The van der Waals surface area contributed by atoms with Gasteiger partial charge in [0.2, 0.25) is 0 Å². The molecule has 15 heavy (non-hydrogen) atoms. The van der Waals surface area contributed by atoms with Gasteiger partial charge in [0.25, 0.3) is 0 Å². The molecule has 0 saturated carbocycles. The van der Waals surface area contributed by atoms with Crippen molar-refractivity contribution in [2.75, 3.05) is 7.11 Å². The Morgan fingerprint density at radius 1 is 1.40 bits per heavy atom. The minimum Gasteiger partial charge on any atom is -0.496 e. The van der Waals surface area contributed by atoms with Crippen LogP contribution in [0.15, 0.2) is 30.8 Å². The van der Waals surface area contributed by atoms with Crippen LogP contribution in [-0.4, -0.2) is 16.9 Å². The van der Waals surface area contributed by atoms with Crippen molar-refractivity contribution >= 4 is 13.6 Å². The second kappa shape index (κ2) is 4.49. The molecule has 0 unspecified atom stereocenters. The molecule has 6 heteroatoms. The molecule has 0 heterocycles. The van der Waals surface area contributed by atoms with Gasteiger partial charge in [0, 0.05) is 0 Å². The van der Waals surface area contributed by atoms with Crippen molar-refractivity contribution in [2.24, 2.45) is 0 Å². The number of phosphoric acid groups is 1. The fourth-order valence-electron chi connectivity index (χ4n) is 1.07. The number of phosphoric ester groups is 1. The summed E-state index contributed by atoms with van der Waals surface area (Å²) in [6.45, 7) is 3.42. The van der Waals surface area contributed by atoms with E-state index in [1.54, 1.807) is 24.3 Å². The minimum absolute atomic E-state index is 0.124. The highest BCUT2D eigenvalue weighted by Crippen LogP contribution is 2.42. The maximum absolute atomic E-state index is 10.6. The second-order valence-electron chi connectivity index (χ2n) is 2.71. The highest BCUT2D eigenvalue weighted by Gasteiger charge is 2.19. The molecule has 0 fully saturated rings. The Bertz CT molecular complexity index is 409. The van der Waals surface area contributed by atoms with Gasteiger partial charge >= 0.3 is 7.82 Å². The van der Waals surface area contributed by atoms with Crippen LogP contribution in [0.4, 0.5) is 0 Å². The lowest BCUT2D eigenvalue weighted by Crippen LogP contribution is -1.93. The summed E-state index contributed by atoms with van der Waals surface area (Å²) < 4.78 is 19.9. The van der Waals surface area contributed by atoms with Crippen molar-refractivity contribution in [1.82, 2.24) is 0 Å². The van der Waals surface area contributed by atoms with E-state index in [-0.39, 0.29) is 5.76 Å². The average molecular weight is 230 g/mol. The van der Waals surface area contributed by atoms with Crippen molar-refractivity contribution in [1.29, 1.82) is 0 Å². The van der Waals surface area contributed by atoms with Gasteiger partial charge in [-0.05, 0) is 12.1 Å². The summed E-state index contributed by atoms with van der Waals surface area (Å²) in [4.78, 5) is 17.2. The number of benzene rings is 1. The Morgan fingerprint density at radius 2 is 2.00 bits per heavy atom. The molecule has 5 nitrogen and oxygen atoms in total. The third kappa shape index (κ3) is 3.40. The van der Waals surface area contributed by atoms with Crippen LogP contribution in [0.3, 0.4) is 0 Å². The SMILES string of the molecule is C=C(OP(=O)(O)O)c1ccccc1OC. The molecule has 0 spiro atoms. The van der Waals surface area contributed by atoms with Crippen LogP contribution in [0.25, 0.3) is 5.76 Å². The molecule has 0 radical (unpaired) electrons. The van der Waals surface area contributed by atoms with E-state index in [0.717, 1.165) is 0 Å². The van der Waals surface area contributed by atoms with E-state index in [9.17, 15) is 4.57 Å². The Kier molecular flexibility index (Phi) is 3.52. The fourth-order valence-corrected chi connectivity index (χ4v) is 1.45. The predicted molar refractivity (Wildman–Crippen MR) is 55.2 cm³/mol. The molecule has 0 aromatic heterocycles. The van der Waals surface area contributed by atoms with E-state index in [0.29, 0.717) is 11.3 Å². The first-order chi connectivity index (χ1) is 6.94. The molecule has 0 bridgehead atoms. The zero-order chi connectivity index (χ0) is 11.5. The van der Waals surface area contributed by atoms with Crippen LogP contribution in [0.2, 0.25) is 0 Å². The predicted octanol–water partition coefficient (Wildman–Crippen LogP) is 1.78. The van der Waals surface area contributed by atoms with Gasteiger partial charge in [-0.3, -0.25) is 9.79 Å². The summed E-state index contributed by atoms with van der Waals surface area (Å²) >= 11 is 0. The molecule has 82 valence electrons. The van der Waals surface area contributed by atoms with Gasteiger partial charge in [0.1, 0.15) is 11.5 Å². The Morgan fingerprint density at radius 3 is 2.53 bits per heavy atom. The molecule has 1 rings (SSSR count). The average Bonchev–Trinajstić information content (AvgIpc) is 2.15. The van der Waals surface area contributed by atoms with Crippen LogP contribution in [0.5, 0.6) is 5.75 Å². The molecule has 0 aliphatic heterocycles. The summed E-state index contributed by atoms with van der Waals surface area (Å²) in [6, 6.07) is 6.65. The molecule has 0 atom stereocenters. The third-order valence-corrected chi connectivity index (χ3v) is 2.09. The van der Waals surface area contributed by atoms with Gasteiger partial charge < -0.3 is 9.26 Å². The maximum atomic E-state index is 10.6. The smallest absolute Gasteiger partial charge is 0.496 e. The first-order valence-electron chi connectivity index (χ1n) is 4.01. The number of para-hydroxylation sites is 1. The van der Waals surface area contributed by atoms with Crippen molar-refractivity contribution in [3.8, 4) is 5.75 Å². The van der Waals surface area contributed by atoms with E-state index in [1.165, 1.54) is 7.11 Å². The van der Waals surface area contributed by atoms with Crippen LogP contribution in [-0.2, 0) is 9.09 Å². The van der Waals surface area contributed by atoms with E-state index < -0.39 is 7.82 Å². The Labute approximate surface area is 87.2 Å². The number of ether oxygens (including phenoxy) is 1. The molecular weight excluding hydrogens is 219 g/mol. The van der Waals surface area contributed by atoms with Gasteiger partial charge in [-0.1, -0.05) is 18.7 Å². The van der Waals surface area contributed by atoms with Crippen molar-refractivity contribution < 1.29 is 23.6 Å².